The summed E-state index contributed by atoms with van der Waals surface area (Å²) in [5.74, 6) is 0. The molecule has 2 atom stereocenters. The van der Waals surface area contributed by atoms with Crippen LogP contribution in [0.25, 0.3) is 0 Å². The highest BCUT2D eigenvalue weighted by atomic mass is 31.2. The summed E-state index contributed by atoms with van der Waals surface area (Å²) in [5.41, 5.74) is 0. The highest BCUT2D eigenvalue weighted by molar-refractivity contribution is 7.53. The summed E-state index contributed by atoms with van der Waals surface area (Å²) in [6.45, 7) is 3.47. The van der Waals surface area contributed by atoms with Crippen LogP contribution in [0.4, 0.5) is 0 Å². The van der Waals surface area contributed by atoms with Gasteiger partial charge in [0.05, 0.1) is 0 Å². The first-order valence-corrected chi connectivity index (χ1v) is 6.92. The second-order valence-corrected chi connectivity index (χ2v) is 4.83. The Balaban J connectivity index is 3.75. The standard InChI is InChI=1S/C4H10O7P3/c1-3-8-12(5)10-14(7)11-13(6)9-4-2/h3-4H2,1-2H3/q+3. The molecule has 0 spiro atoms. The Hall–Kier alpha value is 0.140. The molecule has 0 aliphatic carbocycles. The molecular weight excluding hydrogens is 253 g/mol. The zero-order valence-corrected chi connectivity index (χ0v) is 10.3. The number of hydrogen-bond acceptors (Lipinski definition) is 7. The van der Waals surface area contributed by atoms with Crippen LogP contribution in [-0.2, 0) is 31.4 Å². The van der Waals surface area contributed by atoms with Crippen LogP contribution >= 0.6 is 24.8 Å². The van der Waals surface area contributed by atoms with Gasteiger partial charge in [-0.25, -0.2) is 0 Å². The van der Waals surface area contributed by atoms with E-state index in [4.69, 9.17) is 0 Å². The molecule has 14 heavy (non-hydrogen) atoms. The summed E-state index contributed by atoms with van der Waals surface area (Å²) in [4.78, 5) is 0. The minimum atomic E-state index is -2.75. The van der Waals surface area contributed by atoms with E-state index in [1.54, 1.807) is 13.8 Å². The molecule has 2 unspecified atom stereocenters. The molecule has 0 rings (SSSR count). The van der Waals surface area contributed by atoms with E-state index in [2.05, 4.69) is 17.7 Å². The minimum Gasteiger partial charge on any atom is -0.117 e. The molecule has 0 bridgehead atoms. The van der Waals surface area contributed by atoms with E-state index in [1.165, 1.54) is 0 Å². The summed E-state index contributed by atoms with van der Waals surface area (Å²) >= 11 is 0. The average Bonchev–Trinajstić information content (AvgIpc) is 2.03. The second-order valence-electron chi connectivity index (χ2n) is 1.67. The quantitative estimate of drug-likeness (QED) is 0.621. The number of rotatable bonds is 8. The summed E-state index contributed by atoms with van der Waals surface area (Å²) < 4.78 is 49.5. The van der Waals surface area contributed by atoms with Gasteiger partial charge in [0.2, 0.25) is 0 Å². The molecule has 0 aliphatic rings. The molecule has 80 valence electrons. The topological polar surface area (TPSA) is 88.1 Å². The molecule has 0 saturated heterocycles. The maximum atomic E-state index is 10.8. The Morgan fingerprint density at radius 2 is 1.14 bits per heavy atom. The van der Waals surface area contributed by atoms with Crippen molar-refractivity contribution in [2.45, 2.75) is 13.8 Å². The lowest BCUT2D eigenvalue weighted by Crippen LogP contribution is -1.80. The fourth-order valence-electron chi connectivity index (χ4n) is 0.382. The molecule has 0 heterocycles. The van der Waals surface area contributed by atoms with Crippen molar-refractivity contribution in [2.75, 3.05) is 13.2 Å². The van der Waals surface area contributed by atoms with Crippen molar-refractivity contribution in [3.05, 3.63) is 0 Å². The molecule has 0 aliphatic heterocycles. The van der Waals surface area contributed by atoms with Gasteiger partial charge >= 0.3 is 24.8 Å². The molecule has 0 radical (unpaired) electrons. The lowest BCUT2D eigenvalue weighted by Gasteiger charge is -1.73. The van der Waals surface area contributed by atoms with Crippen molar-refractivity contribution in [3.63, 3.8) is 0 Å². The maximum Gasteiger partial charge on any atom is 0.798 e. The maximum absolute atomic E-state index is 10.8. The lowest BCUT2D eigenvalue weighted by atomic mass is 10.9. The summed E-state index contributed by atoms with van der Waals surface area (Å²) in [5, 5.41) is 0. The van der Waals surface area contributed by atoms with Gasteiger partial charge in [-0.1, -0.05) is 0 Å². The number of hydrogen-bond donors (Lipinski definition) is 0. The van der Waals surface area contributed by atoms with Crippen molar-refractivity contribution < 1.29 is 31.4 Å². The van der Waals surface area contributed by atoms with E-state index in [-0.39, 0.29) is 13.2 Å². The zero-order chi connectivity index (χ0) is 11.0. The van der Waals surface area contributed by atoms with E-state index < -0.39 is 24.8 Å². The smallest absolute Gasteiger partial charge is 0.117 e. The van der Waals surface area contributed by atoms with Crippen molar-refractivity contribution in [3.8, 4) is 0 Å². The zero-order valence-electron chi connectivity index (χ0n) is 7.61. The molecular formula is C4H10O7P3+3. The predicted molar refractivity (Wildman–Crippen MR) is 48.2 cm³/mol. The van der Waals surface area contributed by atoms with Gasteiger partial charge in [0.25, 0.3) is 0 Å². The third kappa shape index (κ3) is 7.54. The van der Waals surface area contributed by atoms with Gasteiger partial charge in [-0.3, -0.25) is 0 Å². The van der Waals surface area contributed by atoms with Crippen LogP contribution in [-0.4, -0.2) is 13.2 Å². The average molecular weight is 263 g/mol. The van der Waals surface area contributed by atoms with E-state index >= 15 is 0 Å². The first-order chi connectivity index (χ1) is 6.60. The first-order valence-electron chi connectivity index (χ1n) is 3.63. The Labute approximate surface area is 83.9 Å². The third-order valence-corrected chi connectivity index (χ3v) is 3.81. The van der Waals surface area contributed by atoms with E-state index in [9.17, 15) is 13.7 Å². The molecule has 0 amide bonds. The molecule has 0 fully saturated rings. The molecule has 0 N–H and O–H groups in total. The lowest BCUT2D eigenvalue weighted by molar-refractivity contribution is 0.279. The summed E-state index contributed by atoms with van der Waals surface area (Å²) in [6.07, 6.45) is 0. The largest absolute Gasteiger partial charge is 0.798 e. The van der Waals surface area contributed by atoms with Gasteiger partial charge in [-0.15, -0.1) is 9.05 Å². The van der Waals surface area contributed by atoms with Crippen LogP contribution in [0.3, 0.4) is 0 Å². The van der Waals surface area contributed by atoms with E-state index in [1.807, 2.05) is 0 Å². The molecule has 7 nitrogen and oxygen atoms in total. The van der Waals surface area contributed by atoms with Crippen molar-refractivity contribution in [1.82, 2.24) is 0 Å². The van der Waals surface area contributed by atoms with Gasteiger partial charge in [0.15, 0.2) is 8.62 Å². The van der Waals surface area contributed by atoms with Gasteiger partial charge in [-0.05, 0) is 13.8 Å². The fraction of sp³-hybridized carbons (Fsp3) is 1.00. The van der Waals surface area contributed by atoms with Gasteiger partial charge in [0.1, 0.15) is 13.2 Å². The Bertz CT molecular complexity index is 207. The van der Waals surface area contributed by atoms with Crippen molar-refractivity contribution >= 4 is 24.8 Å². The molecule has 10 heteroatoms. The predicted octanol–water partition coefficient (Wildman–Crippen LogP) is 3.06. The van der Waals surface area contributed by atoms with E-state index in [0.717, 1.165) is 0 Å². The monoisotopic (exact) mass is 263 g/mol. The Kier molecular flexibility index (Phi) is 8.53. The van der Waals surface area contributed by atoms with Crippen LogP contribution < -0.4 is 0 Å². The van der Waals surface area contributed by atoms with E-state index in [0.29, 0.717) is 0 Å². The molecule has 0 aromatic heterocycles. The highest BCUT2D eigenvalue weighted by Crippen LogP contribution is 2.46. The first kappa shape index (κ1) is 14.1. The van der Waals surface area contributed by atoms with Crippen LogP contribution in [0.5, 0.6) is 0 Å². The van der Waals surface area contributed by atoms with Crippen molar-refractivity contribution in [1.29, 1.82) is 0 Å². The molecule has 0 aromatic carbocycles. The SMILES string of the molecule is CCO[P+](=O)O[P+](=O)O[P+](=O)OCC. The summed E-state index contributed by atoms with van der Waals surface area (Å²) in [7, 11) is -7.76. The highest BCUT2D eigenvalue weighted by Gasteiger charge is 2.49. The Morgan fingerprint density at radius 1 is 0.786 bits per heavy atom. The van der Waals surface area contributed by atoms with Crippen LogP contribution in [0, 0.1) is 0 Å². The van der Waals surface area contributed by atoms with Crippen LogP contribution in [0.15, 0.2) is 0 Å². The molecule has 0 aromatic rings. The van der Waals surface area contributed by atoms with Gasteiger partial charge in [-0.2, -0.15) is 0 Å². The normalized spacial score (nSPS) is 13.7. The van der Waals surface area contributed by atoms with Crippen LogP contribution in [0.1, 0.15) is 13.8 Å². The van der Waals surface area contributed by atoms with Gasteiger partial charge < -0.3 is 0 Å². The fourth-order valence-corrected chi connectivity index (χ4v) is 2.44. The summed E-state index contributed by atoms with van der Waals surface area (Å²) in [6, 6.07) is 0. The Morgan fingerprint density at radius 3 is 1.43 bits per heavy atom. The molecule has 0 saturated carbocycles. The second kappa shape index (κ2) is 8.45. The van der Waals surface area contributed by atoms with Crippen LogP contribution in [0.2, 0.25) is 0 Å². The van der Waals surface area contributed by atoms with Gasteiger partial charge in [0, 0.05) is 13.7 Å². The third-order valence-electron chi connectivity index (χ3n) is 0.736. The minimum absolute atomic E-state index is 0.149. The van der Waals surface area contributed by atoms with Crippen molar-refractivity contribution in [2.24, 2.45) is 0 Å².